The molecule has 2 N–H and O–H groups in total. The molecule has 4 rings (SSSR count). The van der Waals surface area contributed by atoms with Gasteiger partial charge >= 0.3 is 0 Å². The van der Waals surface area contributed by atoms with E-state index in [-0.39, 0.29) is 6.04 Å². The second-order valence-corrected chi connectivity index (χ2v) is 6.09. The van der Waals surface area contributed by atoms with Gasteiger partial charge in [-0.15, -0.1) is 0 Å². The third-order valence-electron chi connectivity index (χ3n) is 4.33. The number of fused-ring (bicyclic) bond motifs is 1. The van der Waals surface area contributed by atoms with Crippen LogP contribution in [-0.2, 0) is 0 Å². The molecule has 0 bridgehead atoms. The lowest BCUT2D eigenvalue weighted by Gasteiger charge is -2.16. The number of benzene rings is 2. The Kier molecular flexibility index (Phi) is 4.23. The third kappa shape index (κ3) is 3.21. The van der Waals surface area contributed by atoms with E-state index in [4.69, 9.17) is 4.74 Å². The lowest BCUT2D eigenvalue weighted by Crippen LogP contribution is -2.08. The molecule has 26 heavy (non-hydrogen) atoms. The molecule has 4 aromatic rings. The van der Waals surface area contributed by atoms with Crippen molar-refractivity contribution in [3.8, 4) is 16.9 Å². The van der Waals surface area contributed by atoms with Gasteiger partial charge < -0.3 is 10.1 Å². The summed E-state index contributed by atoms with van der Waals surface area (Å²) >= 11 is 0. The van der Waals surface area contributed by atoms with Crippen molar-refractivity contribution in [2.75, 3.05) is 12.4 Å². The smallest absolute Gasteiger partial charge is 0.145 e. The summed E-state index contributed by atoms with van der Waals surface area (Å²) in [4.78, 5) is 9.23. The Morgan fingerprint density at radius 2 is 1.96 bits per heavy atom. The Morgan fingerprint density at radius 1 is 1.04 bits per heavy atom. The van der Waals surface area contributed by atoms with E-state index in [1.54, 1.807) is 19.5 Å². The largest absolute Gasteiger partial charge is 0.497 e. The van der Waals surface area contributed by atoms with Gasteiger partial charge in [0.1, 0.15) is 11.6 Å². The molecule has 0 aliphatic heterocycles. The molecule has 0 fully saturated rings. The van der Waals surface area contributed by atoms with Gasteiger partial charge in [0.2, 0.25) is 0 Å². The summed E-state index contributed by atoms with van der Waals surface area (Å²) in [5, 5.41) is 10.2. The molecule has 2 aromatic heterocycles. The Morgan fingerprint density at radius 3 is 2.77 bits per heavy atom. The predicted octanol–water partition coefficient (Wildman–Crippen LogP) is 4.20. The van der Waals surface area contributed by atoms with Crippen LogP contribution >= 0.6 is 0 Å². The molecule has 0 radical (unpaired) electrons. The van der Waals surface area contributed by atoms with Crippen LogP contribution in [0, 0.1) is 0 Å². The van der Waals surface area contributed by atoms with E-state index in [0.29, 0.717) is 0 Å². The number of rotatable bonds is 5. The zero-order valence-corrected chi connectivity index (χ0v) is 14.6. The van der Waals surface area contributed by atoms with E-state index in [2.05, 4.69) is 38.5 Å². The van der Waals surface area contributed by atoms with Crippen LogP contribution in [0.5, 0.6) is 5.75 Å². The number of nitrogens with one attached hydrogen (secondary N) is 2. The van der Waals surface area contributed by atoms with Crippen LogP contribution in [0.3, 0.4) is 0 Å². The highest BCUT2D eigenvalue weighted by molar-refractivity contribution is 5.81. The zero-order chi connectivity index (χ0) is 17.9. The molecule has 0 saturated heterocycles. The van der Waals surface area contributed by atoms with Gasteiger partial charge in [-0.1, -0.05) is 18.2 Å². The number of anilines is 1. The number of aromatic nitrogens is 4. The molecule has 0 aliphatic rings. The SMILES string of the molecule is COc1cccc([C@@H](C)Nc2cnc3cc(-c4cn[nH]c4)ccc3n2)c1. The minimum atomic E-state index is 0.0852. The summed E-state index contributed by atoms with van der Waals surface area (Å²) in [6.07, 6.45) is 5.42. The van der Waals surface area contributed by atoms with Crippen molar-refractivity contribution in [1.82, 2.24) is 20.2 Å². The molecule has 1 atom stereocenters. The van der Waals surface area contributed by atoms with Crippen LogP contribution in [0.25, 0.3) is 22.2 Å². The van der Waals surface area contributed by atoms with Crippen LogP contribution in [0.2, 0.25) is 0 Å². The Bertz CT molecular complexity index is 1030. The van der Waals surface area contributed by atoms with E-state index in [1.807, 2.05) is 42.6 Å². The molecular weight excluding hydrogens is 326 g/mol. The first-order valence-corrected chi connectivity index (χ1v) is 8.39. The number of hydrogen-bond donors (Lipinski definition) is 2. The monoisotopic (exact) mass is 345 g/mol. The fourth-order valence-corrected chi connectivity index (χ4v) is 2.88. The molecule has 2 heterocycles. The highest BCUT2D eigenvalue weighted by Gasteiger charge is 2.09. The van der Waals surface area contributed by atoms with E-state index in [0.717, 1.165) is 39.3 Å². The number of nitrogens with zero attached hydrogens (tertiary/aromatic N) is 3. The zero-order valence-electron chi connectivity index (χ0n) is 14.6. The summed E-state index contributed by atoms with van der Waals surface area (Å²) in [6.45, 7) is 2.09. The molecule has 6 heteroatoms. The standard InChI is InChI=1S/C20H19N5O/c1-13(14-4-3-5-17(8-14)26-2)24-20-12-21-19-9-15(6-7-18(19)25-20)16-10-22-23-11-16/h3-13H,1-2H3,(H,22,23)(H,24,25)/t13-/m1/s1. The summed E-state index contributed by atoms with van der Waals surface area (Å²) in [5.41, 5.74) is 4.92. The van der Waals surface area contributed by atoms with E-state index >= 15 is 0 Å². The quantitative estimate of drug-likeness (QED) is 0.567. The molecule has 6 nitrogen and oxygen atoms in total. The van der Waals surface area contributed by atoms with Gasteiger partial charge in [-0.25, -0.2) is 4.98 Å². The molecule has 0 saturated carbocycles. The molecular formula is C20H19N5O. The maximum Gasteiger partial charge on any atom is 0.145 e. The number of methoxy groups -OCH3 is 1. The Labute approximate surface area is 151 Å². The van der Waals surface area contributed by atoms with Gasteiger partial charge in [0, 0.05) is 11.8 Å². The number of ether oxygens (including phenoxy) is 1. The molecule has 130 valence electrons. The van der Waals surface area contributed by atoms with Crippen molar-refractivity contribution < 1.29 is 4.74 Å². The second kappa shape index (κ2) is 6.84. The van der Waals surface area contributed by atoms with Gasteiger partial charge in [-0.05, 0) is 42.3 Å². The van der Waals surface area contributed by atoms with Crippen LogP contribution in [0.4, 0.5) is 5.82 Å². The van der Waals surface area contributed by atoms with E-state index in [1.165, 1.54) is 0 Å². The van der Waals surface area contributed by atoms with Crippen molar-refractivity contribution in [2.24, 2.45) is 0 Å². The predicted molar refractivity (Wildman–Crippen MR) is 102 cm³/mol. The highest BCUT2D eigenvalue weighted by Crippen LogP contribution is 2.25. The first-order chi connectivity index (χ1) is 12.7. The van der Waals surface area contributed by atoms with Crippen LogP contribution < -0.4 is 10.1 Å². The van der Waals surface area contributed by atoms with Crippen LogP contribution in [0.15, 0.2) is 61.1 Å². The third-order valence-corrected chi connectivity index (χ3v) is 4.33. The molecule has 0 spiro atoms. The number of hydrogen-bond acceptors (Lipinski definition) is 5. The maximum absolute atomic E-state index is 5.29. The van der Waals surface area contributed by atoms with E-state index in [9.17, 15) is 0 Å². The average molecular weight is 345 g/mol. The summed E-state index contributed by atoms with van der Waals surface area (Å²) in [5.74, 6) is 1.58. The minimum Gasteiger partial charge on any atom is -0.497 e. The Balaban J connectivity index is 1.58. The van der Waals surface area contributed by atoms with Crippen molar-refractivity contribution in [3.05, 3.63) is 66.6 Å². The summed E-state index contributed by atoms with van der Waals surface area (Å²) in [7, 11) is 1.67. The molecule has 0 aliphatic carbocycles. The molecule has 0 unspecified atom stereocenters. The average Bonchev–Trinajstić information content (AvgIpc) is 3.22. The topological polar surface area (TPSA) is 75.7 Å². The van der Waals surface area contributed by atoms with Crippen LogP contribution in [0.1, 0.15) is 18.5 Å². The van der Waals surface area contributed by atoms with Crippen molar-refractivity contribution >= 4 is 16.9 Å². The molecule has 0 amide bonds. The normalized spacial score (nSPS) is 12.1. The van der Waals surface area contributed by atoms with Crippen molar-refractivity contribution in [1.29, 1.82) is 0 Å². The van der Waals surface area contributed by atoms with Gasteiger partial charge in [-0.3, -0.25) is 10.1 Å². The molecule has 2 aromatic carbocycles. The number of aromatic amines is 1. The Hall–Kier alpha value is -3.41. The lowest BCUT2D eigenvalue weighted by molar-refractivity contribution is 0.414. The lowest BCUT2D eigenvalue weighted by atomic mass is 10.1. The summed E-state index contributed by atoms with van der Waals surface area (Å²) < 4.78 is 5.29. The van der Waals surface area contributed by atoms with Gasteiger partial charge in [0.25, 0.3) is 0 Å². The number of H-pyrrole nitrogens is 1. The first kappa shape index (κ1) is 16.1. The van der Waals surface area contributed by atoms with Crippen LogP contribution in [-0.4, -0.2) is 27.3 Å². The van der Waals surface area contributed by atoms with Crippen molar-refractivity contribution in [2.45, 2.75) is 13.0 Å². The second-order valence-electron chi connectivity index (χ2n) is 6.09. The van der Waals surface area contributed by atoms with Gasteiger partial charge in [0.05, 0.1) is 36.6 Å². The van der Waals surface area contributed by atoms with Gasteiger partial charge in [0.15, 0.2) is 0 Å². The minimum absolute atomic E-state index is 0.0852. The van der Waals surface area contributed by atoms with Crippen molar-refractivity contribution in [3.63, 3.8) is 0 Å². The fourth-order valence-electron chi connectivity index (χ4n) is 2.88. The highest BCUT2D eigenvalue weighted by atomic mass is 16.5. The fraction of sp³-hybridized carbons (Fsp3) is 0.150. The first-order valence-electron chi connectivity index (χ1n) is 8.39. The maximum atomic E-state index is 5.29. The van der Waals surface area contributed by atoms with Gasteiger partial charge in [-0.2, -0.15) is 5.10 Å². The van der Waals surface area contributed by atoms with E-state index < -0.39 is 0 Å². The summed E-state index contributed by atoms with van der Waals surface area (Å²) in [6, 6.07) is 14.1.